The fraction of sp³-hybridized carbons (Fsp3) is 0.312. The number of fused-ring (bicyclic) bond motifs is 1. The van der Waals surface area contributed by atoms with E-state index in [0.29, 0.717) is 6.54 Å². The number of anilines is 1. The molecule has 0 aliphatic heterocycles. The van der Waals surface area contributed by atoms with Gasteiger partial charge in [0, 0.05) is 17.1 Å². The second-order valence-electron chi connectivity index (χ2n) is 5.14. The zero-order valence-corrected chi connectivity index (χ0v) is 12.1. The van der Waals surface area contributed by atoms with Gasteiger partial charge in [-0.1, -0.05) is 12.1 Å². The average Bonchev–Trinajstić information content (AvgIpc) is 2.95. The first kappa shape index (κ1) is 13.3. The predicted octanol–water partition coefficient (Wildman–Crippen LogP) is 3.27. The molecular weight excluding hydrogens is 268 g/mol. The van der Waals surface area contributed by atoms with Crippen LogP contribution in [0.2, 0.25) is 0 Å². The molecule has 1 unspecified atom stereocenters. The Morgan fingerprint density at radius 2 is 2.30 bits per heavy atom. The smallest absolute Gasteiger partial charge is 0.231 e. The van der Waals surface area contributed by atoms with Gasteiger partial charge in [0.2, 0.25) is 5.91 Å². The highest BCUT2D eigenvalue weighted by atomic mass is 32.1. The number of rotatable bonds is 3. The Balaban J connectivity index is 1.77. The van der Waals surface area contributed by atoms with E-state index in [1.165, 1.54) is 10.4 Å². The summed E-state index contributed by atoms with van der Waals surface area (Å²) in [7, 11) is 0. The highest BCUT2D eigenvalue weighted by Crippen LogP contribution is 2.35. The van der Waals surface area contributed by atoms with Crippen molar-refractivity contribution in [1.82, 2.24) is 0 Å². The Labute approximate surface area is 122 Å². The molecule has 0 saturated carbocycles. The lowest BCUT2D eigenvalue weighted by Crippen LogP contribution is -2.23. The van der Waals surface area contributed by atoms with Crippen molar-refractivity contribution in [1.29, 1.82) is 0 Å². The van der Waals surface area contributed by atoms with Crippen LogP contribution in [-0.2, 0) is 17.8 Å². The molecule has 1 aliphatic rings. The van der Waals surface area contributed by atoms with Gasteiger partial charge in [0.25, 0.3) is 0 Å². The van der Waals surface area contributed by atoms with Gasteiger partial charge in [0.1, 0.15) is 0 Å². The number of amides is 1. The topological polar surface area (TPSA) is 55.1 Å². The number of benzene rings is 1. The summed E-state index contributed by atoms with van der Waals surface area (Å²) in [4.78, 5) is 13.9. The molecule has 0 spiro atoms. The Kier molecular flexibility index (Phi) is 3.85. The zero-order valence-electron chi connectivity index (χ0n) is 11.3. The number of carbonyl (C=O) groups excluding carboxylic acids is 1. The molecular formula is C16H18N2OS. The molecule has 1 amide bonds. The van der Waals surface area contributed by atoms with Crippen molar-refractivity contribution in [2.75, 3.05) is 5.32 Å². The van der Waals surface area contributed by atoms with Crippen LogP contribution in [0, 0.1) is 0 Å². The van der Waals surface area contributed by atoms with E-state index in [2.05, 4.69) is 16.8 Å². The van der Waals surface area contributed by atoms with E-state index in [1.807, 2.05) is 24.3 Å². The van der Waals surface area contributed by atoms with Crippen LogP contribution >= 0.6 is 11.3 Å². The number of thiophene rings is 1. The average molecular weight is 286 g/mol. The van der Waals surface area contributed by atoms with Crippen molar-refractivity contribution in [3.63, 3.8) is 0 Å². The van der Waals surface area contributed by atoms with E-state index in [0.717, 1.165) is 30.5 Å². The quantitative estimate of drug-likeness (QED) is 0.910. The van der Waals surface area contributed by atoms with Gasteiger partial charge in [-0.25, -0.2) is 0 Å². The third kappa shape index (κ3) is 2.62. The first-order chi connectivity index (χ1) is 9.78. The summed E-state index contributed by atoms with van der Waals surface area (Å²) >= 11 is 1.76. The maximum absolute atomic E-state index is 12.5. The van der Waals surface area contributed by atoms with Crippen molar-refractivity contribution in [2.45, 2.75) is 31.7 Å². The van der Waals surface area contributed by atoms with Crippen LogP contribution in [0.15, 0.2) is 35.7 Å². The molecule has 1 aromatic carbocycles. The van der Waals surface area contributed by atoms with Gasteiger partial charge in [0.15, 0.2) is 0 Å². The minimum Gasteiger partial charge on any atom is -0.326 e. The molecule has 2 aromatic rings. The third-order valence-corrected chi connectivity index (χ3v) is 4.80. The Hall–Kier alpha value is -1.65. The van der Waals surface area contributed by atoms with Crippen LogP contribution in [0.3, 0.4) is 0 Å². The van der Waals surface area contributed by atoms with Gasteiger partial charge in [-0.15, -0.1) is 11.3 Å². The molecule has 1 heterocycles. The Bertz CT molecular complexity index is 620. The van der Waals surface area contributed by atoms with E-state index in [4.69, 9.17) is 5.73 Å². The maximum atomic E-state index is 12.5. The van der Waals surface area contributed by atoms with Crippen LogP contribution in [0.1, 0.15) is 34.8 Å². The monoisotopic (exact) mass is 286 g/mol. The molecule has 4 heteroatoms. The third-order valence-electron chi connectivity index (χ3n) is 3.80. The molecule has 0 saturated heterocycles. The summed E-state index contributed by atoms with van der Waals surface area (Å²) in [6, 6.07) is 9.84. The van der Waals surface area contributed by atoms with E-state index in [-0.39, 0.29) is 11.8 Å². The summed E-state index contributed by atoms with van der Waals surface area (Å²) in [5, 5.41) is 5.12. The van der Waals surface area contributed by atoms with Gasteiger partial charge >= 0.3 is 0 Å². The summed E-state index contributed by atoms with van der Waals surface area (Å²) < 4.78 is 0. The first-order valence-electron chi connectivity index (χ1n) is 6.94. The molecule has 3 N–H and O–H groups in total. The lowest BCUT2D eigenvalue weighted by atomic mass is 9.87. The van der Waals surface area contributed by atoms with E-state index >= 15 is 0 Å². The molecule has 104 valence electrons. The van der Waals surface area contributed by atoms with Gasteiger partial charge < -0.3 is 11.1 Å². The normalized spacial score (nSPS) is 17.6. The zero-order chi connectivity index (χ0) is 13.9. The van der Waals surface area contributed by atoms with E-state index < -0.39 is 0 Å². The second-order valence-corrected chi connectivity index (χ2v) is 6.14. The van der Waals surface area contributed by atoms with Gasteiger partial charge in [-0.3, -0.25) is 4.79 Å². The summed E-state index contributed by atoms with van der Waals surface area (Å²) in [5.74, 6) is 0.0880. The van der Waals surface area contributed by atoms with Crippen molar-refractivity contribution in [2.24, 2.45) is 5.73 Å². The van der Waals surface area contributed by atoms with Crippen LogP contribution in [0.25, 0.3) is 0 Å². The molecule has 3 nitrogen and oxygen atoms in total. The van der Waals surface area contributed by atoms with Crippen LogP contribution in [-0.4, -0.2) is 5.91 Å². The summed E-state index contributed by atoms with van der Waals surface area (Å²) in [6.07, 6.45) is 3.14. The van der Waals surface area contributed by atoms with Gasteiger partial charge in [-0.05, 0) is 54.0 Å². The standard InChI is InChI=1S/C16H18N2OS/c17-10-11-3-1-4-12(9-11)18-16(19)14-5-2-6-15-13(14)7-8-20-15/h1,3-4,7-9,14H,2,5-6,10,17H2,(H,18,19). The number of aryl methyl sites for hydroxylation is 1. The minimum absolute atomic E-state index is 0.00784. The number of hydrogen-bond acceptors (Lipinski definition) is 3. The Morgan fingerprint density at radius 3 is 3.15 bits per heavy atom. The van der Waals surface area contributed by atoms with E-state index in [9.17, 15) is 4.79 Å². The molecule has 20 heavy (non-hydrogen) atoms. The molecule has 0 radical (unpaired) electrons. The minimum atomic E-state index is -0.00784. The summed E-state index contributed by atoms with van der Waals surface area (Å²) in [5.41, 5.74) is 8.71. The molecule has 1 aromatic heterocycles. The van der Waals surface area contributed by atoms with E-state index in [1.54, 1.807) is 11.3 Å². The van der Waals surface area contributed by atoms with Gasteiger partial charge in [0.05, 0.1) is 5.92 Å². The maximum Gasteiger partial charge on any atom is 0.231 e. The number of hydrogen-bond donors (Lipinski definition) is 2. The molecule has 3 rings (SSSR count). The Morgan fingerprint density at radius 1 is 1.40 bits per heavy atom. The van der Waals surface area contributed by atoms with Crippen molar-refractivity contribution >= 4 is 22.9 Å². The number of carbonyl (C=O) groups is 1. The van der Waals surface area contributed by atoms with Crippen molar-refractivity contribution in [3.05, 3.63) is 51.7 Å². The largest absolute Gasteiger partial charge is 0.326 e. The second kappa shape index (κ2) is 5.77. The van der Waals surface area contributed by atoms with Crippen LogP contribution in [0.5, 0.6) is 0 Å². The number of nitrogens with two attached hydrogens (primary N) is 1. The lowest BCUT2D eigenvalue weighted by molar-refractivity contribution is -0.117. The molecule has 0 fully saturated rings. The number of nitrogens with one attached hydrogen (secondary N) is 1. The molecule has 1 atom stereocenters. The fourth-order valence-electron chi connectivity index (χ4n) is 2.76. The SMILES string of the molecule is NCc1cccc(NC(=O)C2CCCc3sccc32)c1. The highest BCUT2D eigenvalue weighted by molar-refractivity contribution is 7.10. The van der Waals surface area contributed by atoms with Gasteiger partial charge in [-0.2, -0.15) is 0 Å². The van der Waals surface area contributed by atoms with Crippen LogP contribution < -0.4 is 11.1 Å². The predicted molar refractivity (Wildman–Crippen MR) is 83.0 cm³/mol. The highest BCUT2D eigenvalue weighted by Gasteiger charge is 2.27. The molecule has 1 aliphatic carbocycles. The lowest BCUT2D eigenvalue weighted by Gasteiger charge is -2.22. The summed E-state index contributed by atoms with van der Waals surface area (Å²) in [6.45, 7) is 0.488. The van der Waals surface area contributed by atoms with Crippen molar-refractivity contribution in [3.8, 4) is 0 Å². The fourth-order valence-corrected chi connectivity index (χ4v) is 3.75. The first-order valence-corrected chi connectivity index (χ1v) is 7.82. The van der Waals surface area contributed by atoms with Crippen LogP contribution in [0.4, 0.5) is 5.69 Å². The molecule has 0 bridgehead atoms. The van der Waals surface area contributed by atoms with Crippen molar-refractivity contribution < 1.29 is 4.79 Å².